The molecular formula is C11H13NO. The molecule has 0 spiro atoms. The van der Waals surface area contributed by atoms with Crippen molar-refractivity contribution in [1.82, 2.24) is 0 Å². The number of hydrogen-bond donors (Lipinski definition) is 0. The van der Waals surface area contributed by atoms with Crippen molar-refractivity contribution in [2.24, 2.45) is 0 Å². The van der Waals surface area contributed by atoms with Gasteiger partial charge in [0, 0.05) is 6.61 Å². The average Bonchev–Trinajstić information content (AvgIpc) is 2.19. The number of rotatable bonds is 4. The largest absolute Gasteiger partial charge is 0.381 e. The summed E-state index contributed by atoms with van der Waals surface area (Å²) in [5.74, 6) is 0. The first-order valence-corrected chi connectivity index (χ1v) is 4.43. The summed E-state index contributed by atoms with van der Waals surface area (Å²) in [6.45, 7) is 3.45. The second-order valence-electron chi connectivity index (χ2n) is 2.76. The minimum absolute atomic E-state index is 0.717. The van der Waals surface area contributed by atoms with E-state index >= 15 is 0 Å². The third-order valence-corrected chi connectivity index (χ3v) is 1.80. The quantitative estimate of drug-likeness (QED) is 0.657. The molecule has 13 heavy (non-hydrogen) atoms. The summed E-state index contributed by atoms with van der Waals surface area (Å²) in [7, 11) is 0. The van der Waals surface area contributed by atoms with E-state index in [9.17, 15) is 0 Å². The first-order valence-electron chi connectivity index (χ1n) is 4.43. The maximum atomic E-state index is 8.65. The summed E-state index contributed by atoms with van der Waals surface area (Å²) >= 11 is 0. The molecule has 0 radical (unpaired) electrons. The van der Waals surface area contributed by atoms with Gasteiger partial charge in [0.1, 0.15) is 0 Å². The summed E-state index contributed by atoms with van der Waals surface area (Å²) < 4.78 is 5.23. The molecule has 2 heteroatoms. The van der Waals surface area contributed by atoms with Crippen LogP contribution in [0.15, 0.2) is 24.3 Å². The summed E-state index contributed by atoms with van der Waals surface area (Å²) in [5, 5.41) is 8.65. The Labute approximate surface area is 78.8 Å². The van der Waals surface area contributed by atoms with Crippen molar-refractivity contribution in [2.75, 3.05) is 13.2 Å². The van der Waals surface area contributed by atoms with E-state index in [2.05, 4.69) is 6.07 Å². The summed E-state index contributed by atoms with van der Waals surface area (Å²) in [5.41, 5.74) is 1.88. The van der Waals surface area contributed by atoms with Crippen LogP contribution < -0.4 is 0 Å². The van der Waals surface area contributed by atoms with Gasteiger partial charge in [0.05, 0.1) is 18.2 Å². The first-order chi connectivity index (χ1) is 6.36. The molecule has 0 aliphatic carbocycles. The highest BCUT2D eigenvalue weighted by atomic mass is 16.5. The van der Waals surface area contributed by atoms with Gasteiger partial charge in [0.25, 0.3) is 0 Å². The SMILES string of the molecule is CCOCCc1cccc(C#N)c1. The normalized spacial score (nSPS) is 9.54. The van der Waals surface area contributed by atoms with E-state index < -0.39 is 0 Å². The molecule has 0 fully saturated rings. The van der Waals surface area contributed by atoms with Gasteiger partial charge in [-0.1, -0.05) is 12.1 Å². The highest BCUT2D eigenvalue weighted by Gasteiger charge is 1.94. The van der Waals surface area contributed by atoms with Crippen molar-refractivity contribution in [3.05, 3.63) is 35.4 Å². The van der Waals surface area contributed by atoms with Crippen LogP contribution in [0.1, 0.15) is 18.1 Å². The van der Waals surface area contributed by atoms with Crippen LogP contribution in [0.3, 0.4) is 0 Å². The first kappa shape index (κ1) is 9.76. The highest BCUT2D eigenvalue weighted by Crippen LogP contribution is 2.04. The molecule has 0 saturated carbocycles. The number of ether oxygens (including phenoxy) is 1. The molecule has 0 bridgehead atoms. The van der Waals surface area contributed by atoms with Crippen molar-refractivity contribution >= 4 is 0 Å². The monoisotopic (exact) mass is 175 g/mol. The summed E-state index contributed by atoms with van der Waals surface area (Å²) in [4.78, 5) is 0. The van der Waals surface area contributed by atoms with Gasteiger partial charge in [0.2, 0.25) is 0 Å². The molecule has 1 aromatic rings. The minimum Gasteiger partial charge on any atom is -0.381 e. The predicted octanol–water partition coefficient (Wildman–Crippen LogP) is 2.14. The fourth-order valence-corrected chi connectivity index (χ4v) is 1.13. The highest BCUT2D eigenvalue weighted by molar-refractivity contribution is 5.32. The lowest BCUT2D eigenvalue weighted by Gasteiger charge is -2.01. The maximum absolute atomic E-state index is 8.65. The van der Waals surface area contributed by atoms with E-state index in [-0.39, 0.29) is 0 Å². The molecule has 1 aromatic carbocycles. The van der Waals surface area contributed by atoms with E-state index in [1.165, 1.54) is 0 Å². The van der Waals surface area contributed by atoms with Crippen LogP contribution in [0.4, 0.5) is 0 Å². The second-order valence-corrected chi connectivity index (χ2v) is 2.76. The minimum atomic E-state index is 0.717. The molecule has 0 heterocycles. The fraction of sp³-hybridized carbons (Fsp3) is 0.364. The van der Waals surface area contributed by atoms with E-state index in [0.29, 0.717) is 5.56 Å². The Balaban J connectivity index is 2.52. The molecule has 0 aliphatic rings. The van der Waals surface area contributed by atoms with Gasteiger partial charge in [-0.25, -0.2) is 0 Å². The topological polar surface area (TPSA) is 33.0 Å². The lowest BCUT2D eigenvalue weighted by Crippen LogP contribution is -1.97. The van der Waals surface area contributed by atoms with Crippen LogP contribution >= 0.6 is 0 Å². The van der Waals surface area contributed by atoms with Crippen LogP contribution in [0.5, 0.6) is 0 Å². The number of benzene rings is 1. The Bertz CT molecular complexity index is 301. The number of nitrogens with zero attached hydrogens (tertiary/aromatic N) is 1. The zero-order chi connectivity index (χ0) is 9.52. The fourth-order valence-electron chi connectivity index (χ4n) is 1.13. The van der Waals surface area contributed by atoms with Crippen molar-refractivity contribution in [2.45, 2.75) is 13.3 Å². The smallest absolute Gasteiger partial charge is 0.0991 e. The van der Waals surface area contributed by atoms with Gasteiger partial charge < -0.3 is 4.74 Å². The second kappa shape index (κ2) is 5.34. The van der Waals surface area contributed by atoms with Gasteiger partial charge in [-0.15, -0.1) is 0 Å². The van der Waals surface area contributed by atoms with Crippen LogP contribution in [-0.4, -0.2) is 13.2 Å². The molecule has 0 unspecified atom stereocenters. The number of nitriles is 1. The molecule has 68 valence electrons. The molecule has 0 atom stereocenters. The van der Waals surface area contributed by atoms with Gasteiger partial charge in [-0.2, -0.15) is 5.26 Å². The molecule has 2 nitrogen and oxygen atoms in total. The molecular weight excluding hydrogens is 162 g/mol. The Hall–Kier alpha value is -1.33. The molecule has 0 amide bonds. The molecule has 0 aliphatic heterocycles. The molecule has 0 N–H and O–H groups in total. The number of hydrogen-bond acceptors (Lipinski definition) is 2. The lowest BCUT2D eigenvalue weighted by molar-refractivity contribution is 0.151. The van der Waals surface area contributed by atoms with Crippen LogP contribution in [0, 0.1) is 11.3 Å². The van der Waals surface area contributed by atoms with Gasteiger partial charge in [-0.05, 0) is 31.0 Å². The third kappa shape index (κ3) is 3.27. The van der Waals surface area contributed by atoms with Crippen molar-refractivity contribution in [3.63, 3.8) is 0 Å². The van der Waals surface area contributed by atoms with E-state index in [1.54, 1.807) is 0 Å². The van der Waals surface area contributed by atoms with Gasteiger partial charge >= 0.3 is 0 Å². The molecule has 1 rings (SSSR count). The molecule has 0 aromatic heterocycles. The van der Waals surface area contributed by atoms with Crippen LogP contribution in [-0.2, 0) is 11.2 Å². The zero-order valence-electron chi connectivity index (χ0n) is 7.79. The van der Waals surface area contributed by atoms with Crippen molar-refractivity contribution in [1.29, 1.82) is 5.26 Å². The Kier molecular flexibility index (Phi) is 4.01. The maximum Gasteiger partial charge on any atom is 0.0991 e. The third-order valence-electron chi connectivity index (χ3n) is 1.80. The Morgan fingerprint density at radius 2 is 2.31 bits per heavy atom. The lowest BCUT2D eigenvalue weighted by atomic mass is 10.1. The van der Waals surface area contributed by atoms with Crippen molar-refractivity contribution in [3.8, 4) is 6.07 Å². The van der Waals surface area contributed by atoms with Crippen LogP contribution in [0.25, 0.3) is 0 Å². The van der Waals surface area contributed by atoms with Crippen LogP contribution in [0.2, 0.25) is 0 Å². The standard InChI is InChI=1S/C11H13NO/c1-2-13-7-6-10-4-3-5-11(8-10)9-12/h3-5,8H,2,6-7H2,1H3. The van der Waals surface area contributed by atoms with Crippen molar-refractivity contribution < 1.29 is 4.74 Å². The van der Waals surface area contributed by atoms with E-state index in [4.69, 9.17) is 10.00 Å². The predicted molar refractivity (Wildman–Crippen MR) is 51.4 cm³/mol. The van der Waals surface area contributed by atoms with E-state index in [0.717, 1.165) is 25.2 Å². The van der Waals surface area contributed by atoms with Gasteiger partial charge in [0.15, 0.2) is 0 Å². The van der Waals surface area contributed by atoms with E-state index in [1.807, 2.05) is 31.2 Å². The summed E-state index contributed by atoms with van der Waals surface area (Å²) in [6, 6.07) is 9.74. The average molecular weight is 175 g/mol. The van der Waals surface area contributed by atoms with Gasteiger partial charge in [-0.3, -0.25) is 0 Å². The Morgan fingerprint density at radius 1 is 1.46 bits per heavy atom. The summed E-state index contributed by atoms with van der Waals surface area (Å²) in [6.07, 6.45) is 0.878. The molecule has 0 saturated heterocycles. The zero-order valence-corrected chi connectivity index (χ0v) is 7.79. The Morgan fingerprint density at radius 3 is 3.00 bits per heavy atom.